The Morgan fingerprint density at radius 1 is 1.68 bits per heavy atom. The molecule has 7 nitrogen and oxygen atoms in total. The molecule has 0 radical (unpaired) electrons. The third-order valence-corrected chi connectivity index (χ3v) is 3.33. The maximum atomic E-state index is 11.9. The van der Waals surface area contributed by atoms with Crippen molar-refractivity contribution in [1.82, 2.24) is 9.78 Å². The number of rotatable bonds is 4. The molecule has 2 rings (SSSR count). The molecule has 0 aromatic carbocycles. The Balaban J connectivity index is 2.13. The van der Waals surface area contributed by atoms with Crippen molar-refractivity contribution < 1.29 is 14.6 Å². The van der Waals surface area contributed by atoms with Gasteiger partial charge < -0.3 is 15.2 Å². The molecule has 2 N–H and O–H groups in total. The standard InChI is InChI=1S/C11H14ClN3O4/c1-19-9(17)5-15-11(18)10(12)8(4-13-15)14-6-2-7(16)3-6/h4,6-7,14,16H,2-3,5H2,1H3. The van der Waals surface area contributed by atoms with Gasteiger partial charge in [0.05, 0.1) is 25.1 Å². The Bertz CT molecular complexity index is 539. The lowest BCUT2D eigenvalue weighted by molar-refractivity contribution is -0.141. The Labute approximate surface area is 114 Å². The van der Waals surface area contributed by atoms with Crippen LogP contribution < -0.4 is 10.9 Å². The maximum absolute atomic E-state index is 11.9. The molecule has 1 heterocycles. The minimum absolute atomic E-state index is 0.0275. The van der Waals surface area contributed by atoms with E-state index in [1.807, 2.05) is 0 Å². The fourth-order valence-electron chi connectivity index (χ4n) is 1.79. The smallest absolute Gasteiger partial charge is 0.327 e. The highest BCUT2D eigenvalue weighted by molar-refractivity contribution is 6.32. The van der Waals surface area contributed by atoms with E-state index in [4.69, 9.17) is 11.6 Å². The van der Waals surface area contributed by atoms with Gasteiger partial charge in [-0.25, -0.2) is 4.68 Å². The normalized spacial score (nSPS) is 21.6. The quantitative estimate of drug-likeness (QED) is 0.758. The number of halogens is 1. The molecule has 8 heteroatoms. The van der Waals surface area contributed by atoms with Gasteiger partial charge in [-0.1, -0.05) is 11.6 Å². The molecule has 1 aliphatic carbocycles. The van der Waals surface area contributed by atoms with Gasteiger partial charge in [-0.15, -0.1) is 0 Å². The number of nitrogens with one attached hydrogen (secondary N) is 1. The molecule has 0 saturated heterocycles. The zero-order chi connectivity index (χ0) is 14.0. The third kappa shape index (κ3) is 3.05. The number of carbonyl (C=O) groups is 1. The summed E-state index contributed by atoms with van der Waals surface area (Å²) in [7, 11) is 1.23. The minimum Gasteiger partial charge on any atom is -0.468 e. The van der Waals surface area contributed by atoms with Crippen LogP contribution in [0.4, 0.5) is 5.69 Å². The highest BCUT2D eigenvalue weighted by Crippen LogP contribution is 2.25. The lowest BCUT2D eigenvalue weighted by Gasteiger charge is -2.32. The maximum Gasteiger partial charge on any atom is 0.327 e. The highest BCUT2D eigenvalue weighted by atomic mass is 35.5. The summed E-state index contributed by atoms with van der Waals surface area (Å²) in [5.41, 5.74) is -0.151. The monoisotopic (exact) mass is 287 g/mol. The van der Waals surface area contributed by atoms with Crippen molar-refractivity contribution in [3.8, 4) is 0 Å². The van der Waals surface area contributed by atoms with Crippen LogP contribution in [0.5, 0.6) is 0 Å². The number of aliphatic hydroxyl groups is 1. The number of aliphatic hydroxyl groups excluding tert-OH is 1. The fourth-order valence-corrected chi connectivity index (χ4v) is 1.99. The minimum atomic E-state index is -0.575. The number of carbonyl (C=O) groups excluding carboxylic acids is 1. The van der Waals surface area contributed by atoms with Crippen molar-refractivity contribution in [2.24, 2.45) is 0 Å². The van der Waals surface area contributed by atoms with E-state index in [-0.39, 0.29) is 23.7 Å². The van der Waals surface area contributed by atoms with E-state index < -0.39 is 11.5 Å². The van der Waals surface area contributed by atoms with E-state index >= 15 is 0 Å². The molecular weight excluding hydrogens is 274 g/mol. The SMILES string of the molecule is COC(=O)Cn1ncc(NC2CC(O)C2)c(Cl)c1=O. The molecule has 1 aromatic heterocycles. The summed E-state index contributed by atoms with van der Waals surface area (Å²) in [6.07, 6.45) is 2.31. The molecule has 104 valence electrons. The number of esters is 1. The van der Waals surface area contributed by atoms with Crippen LogP contribution in [0.25, 0.3) is 0 Å². The van der Waals surface area contributed by atoms with Crippen molar-refractivity contribution in [2.45, 2.75) is 31.5 Å². The van der Waals surface area contributed by atoms with E-state index in [0.29, 0.717) is 18.5 Å². The molecule has 0 atom stereocenters. The van der Waals surface area contributed by atoms with Crippen molar-refractivity contribution >= 4 is 23.3 Å². The van der Waals surface area contributed by atoms with Crippen molar-refractivity contribution in [2.75, 3.05) is 12.4 Å². The summed E-state index contributed by atoms with van der Waals surface area (Å²) in [6, 6.07) is 0.0881. The second-order valence-corrected chi connectivity index (χ2v) is 4.76. The Hall–Kier alpha value is -1.60. The first kappa shape index (κ1) is 13.8. The molecule has 19 heavy (non-hydrogen) atoms. The summed E-state index contributed by atoms with van der Waals surface area (Å²) in [5.74, 6) is -0.575. The second kappa shape index (κ2) is 5.58. The van der Waals surface area contributed by atoms with Gasteiger partial charge in [0.2, 0.25) is 0 Å². The van der Waals surface area contributed by atoms with Crippen LogP contribution in [0.2, 0.25) is 5.02 Å². The summed E-state index contributed by atoms with van der Waals surface area (Å²) < 4.78 is 5.40. The Kier molecular flexibility index (Phi) is 4.06. The van der Waals surface area contributed by atoms with E-state index in [9.17, 15) is 14.7 Å². The first-order chi connectivity index (χ1) is 9.01. The van der Waals surface area contributed by atoms with E-state index in [1.54, 1.807) is 0 Å². The van der Waals surface area contributed by atoms with Gasteiger partial charge >= 0.3 is 5.97 Å². The number of ether oxygens (including phenoxy) is 1. The number of methoxy groups -OCH3 is 1. The van der Waals surface area contributed by atoms with Crippen LogP contribution in [-0.4, -0.2) is 40.1 Å². The molecular formula is C11H14ClN3O4. The van der Waals surface area contributed by atoms with Gasteiger partial charge in [-0.3, -0.25) is 9.59 Å². The summed E-state index contributed by atoms with van der Waals surface area (Å²) in [6.45, 7) is -0.280. The van der Waals surface area contributed by atoms with Gasteiger partial charge in [0.25, 0.3) is 5.56 Å². The Morgan fingerprint density at radius 2 is 2.37 bits per heavy atom. The van der Waals surface area contributed by atoms with Gasteiger partial charge in [-0.2, -0.15) is 5.10 Å². The molecule has 0 unspecified atom stereocenters. The van der Waals surface area contributed by atoms with Crippen molar-refractivity contribution in [3.05, 3.63) is 21.6 Å². The second-order valence-electron chi connectivity index (χ2n) is 4.38. The summed E-state index contributed by atoms with van der Waals surface area (Å²) >= 11 is 5.94. The molecule has 1 fully saturated rings. The van der Waals surface area contributed by atoms with Crippen LogP contribution in [-0.2, 0) is 16.1 Å². The van der Waals surface area contributed by atoms with Crippen molar-refractivity contribution in [1.29, 1.82) is 0 Å². The summed E-state index contributed by atoms with van der Waals surface area (Å²) in [4.78, 5) is 23.0. The van der Waals surface area contributed by atoms with Crippen LogP contribution in [0.3, 0.4) is 0 Å². The summed E-state index contributed by atoms with van der Waals surface area (Å²) in [5, 5.41) is 16.0. The van der Waals surface area contributed by atoms with Crippen molar-refractivity contribution in [3.63, 3.8) is 0 Å². The third-order valence-electron chi connectivity index (χ3n) is 2.96. The number of hydrogen-bond acceptors (Lipinski definition) is 6. The lowest BCUT2D eigenvalue weighted by Crippen LogP contribution is -2.39. The predicted octanol–water partition coefficient (Wildman–Crippen LogP) is 0.00490. The predicted molar refractivity (Wildman–Crippen MR) is 68.2 cm³/mol. The molecule has 0 bridgehead atoms. The van der Waals surface area contributed by atoms with Gasteiger partial charge in [-0.05, 0) is 12.8 Å². The van der Waals surface area contributed by atoms with E-state index in [2.05, 4.69) is 15.2 Å². The lowest BCUT2D eigenvalue weighted by atomic mass is 9.89. The molecule has 1 saturated carbocycles. The first-order valence-electron chi connectivity index (χ1n) is 5.78. The largest absolute Gasteiger partial charge is 0.468 e. The fraction of sp³-hybridized carbons (Fsp3) is 0.545. The average Bonchev–Trinajstić information content (AvgIpc) is 2.36. The number of aromatic nitrogens is 2. The first-order valence-corrected chi connectivity index (χ1v) is 6.16. The van der Waals surface area contributed by atoms with Crippen LogP contribution in [0.1, 0.15) is 12.8 Å². The highest BCUT2D eigenvalue weighted by Gasteiger charge is 2.27. The van der Waals surface area contributed by atoms with Gasteiger partial charge in [0, 0.05) is 6.04 Å². The van der Waals surface area contributed by atoms with Gasteiger partial charge in [0.1, 0.15) is 11.6 Å². The average molecular weight is 288 g/mol. The van der Waals surface area contributed by atoms with Crippen LogP contribution in [0.15, 0.2) is 11.0 Å². The van der Waals surface area contributed by atoms with Crippen LogP contribution in [0, 0.1) is 0 Å². The molecule has 1 aromatic rings. The zero-order valence-corrected chi connectivity index (χ0v) is 11.1. The number of nitrogens with zero attached hydrogens (tertiary/aromatic N) is 2. The topological polar surface area (TPSA) is 93.5 Å². The van der Waals surface area contributed by atoms with E-state index in [1.165, 1.54) is 13.3 Å². The number of hydrogen-bond donors (Lipinski definition) is 2. The zero-order valence-electron chi connectivity index (χ0n) is 10.3. The van der Waals surface area contributed by atoms with E-state index in [0.717, 1.165) is 4.68 Å². The molecule has 1 aliphatic rings. The molecule has 0 aliphatic heterocycles. The van der Waals surface area contributed by atoms with Crippen LogP contribution >= 0.6 is 11.6 Å². The molecule has 0 amide bonds. The molecule has 0 spiro atoms. The Morgan fingerprint density at radius 3 is 2.95 bits per heavy atom. The number of anilines is 1. The van der Waals surface area contributed by atoms with Gasteiger partial charge in [0.15, 0.2) is 0 Å².